The molecule has 2 N–H and O–H groups in total. The van der Waals surface area contributed by atoms with Gasteiger partial charge in [-0.2, -0.15) is 0 Å². The lowest BCUT2D eigenvalue weighted by molar-refractivity contribution is 0.0664. The van der Waals surface area contributed by atoms with Gasteiger partial charge in [0.1, 0.15) is 0 Å². The van der Waals surface area contributed by atoms with Gasteiger partial charge in [0.15, 0.2) is 0 Å². The highest BCUT2D eigenvalue weighted by Gasteiger charge is 1.99. The molecule has 1 rings (SSSR count). The zero-order chi connectivity index (χ0) is 11.1. The summed E-state index contributed by atoms with van der Waals surface area (Å²) in [7, 11) is 0. The summed E-state index contributed by atoms with van der Waals surface area (Å²) in [4.78, 5) is 16.1. The summed E-state index contributed by atoms with van der Waals surface area (Å²) in [6.45, 7) is 4.48. The van der Waals surface area contributed by atoms with Crippen molar-refractivity contribution in [3.63, 3.8) is 0 Å². The number of amides is 2. The van der Waals surface area contributed by atoms with Crippen LogP contribution in [0.15, 0.2) is 24.3 Å². The second-order valence-electron chi connectivity index (χ2n) is 3.27. The van der Waals surface area contributed by atoms with Crippen molar-refractivity contribution < 1.29 is 9.63 Å². The molecule has 82 valence electrons. The van der Waals surface area contributed by atoms with E-state index in [0.29, 0.717) is 6.61 Å². The molecule has 0 radical (unpaired) electrons. The zero-order valence-corrected chi connectivity index (χ0v) is 9.04. The molecule has 0 heterocycles. The van der Waals surface area contributed by atoms with Crippen LogP contribution in [0.4, 0.5) is 10.5 Å². The minimum Gasteiger partial charge on any atom is -0.306 e. The number of carbonyl (C=O) groups is 1. The van der Waals surface area contributed by atoms with Crippen LogP contribution in [0.5, 0.6) is 0 Å². The molecule has 0 aliphatic carbocycles. The van der Waals surface area contributed by atoms with Crippen LogP contribution < -0.4 is 10.8 Å². The lowest BCUT2D eigenvalue weighted by Gasteiger charge is -2.07. The summed E-state index contributed by atoms with van der Waals surface area (Å²) in [5, 5.41) is 2.65. The second kappa shape index (κ2) is 6.03. The quantitative estimate of drug-likeness (QED) is 0.590. The minimum absolute atomic E-state index is 0.354. The van der Waals surface area contributed by atoms with E-state index in [1.54, 1.807) is 0 Å². The van der Waals surface area contributed by atoms with Gasteiger partial charge in [0.25, 0.3) is 0 Å². The Balaban J connectivity index is 2.34. The van der Waals surface area contributed by atoms with E-state index in [1.807, 2.05) is 38.1 Å². The molecule has 0 spiro atoms. The summed E-state index contributed by atoms with van der Waals surface area (Å²) in [6.07, 6.45) is 0.866. The fourth-order valence-electron chi connectivity index (χ4n) is 1.01. The minimum atomic E-state index is -0.354. The van der Waals surface area contributed by atoms with Gasteiger partial charge in [-0.3, -0.25) is 4.84 Å². The highest BCUT2D eigenvalue weighted by Crippen LogP contribution is 2.07. The lowest BCUT2D eigenvalue weighted by atomic mass is 10.2. The van der Waals surface area contributed by atoms with E-state index >= 15 is 0 Å². The van der Waals surface area contributed by atoms with Gasteiger partial charge < -0.3 is 5.32 Å². The Bertz CT molecular complexity index is 309. The van der Waals surface area contributed by atoms with E-state index in [4.69, 9.17) is 4.84 Å². The average molecular weight is 208 g/mol. The molecule has 0 fully saturated rings. The molecule has 0 aromatic heterocycles. The fraction of sp³-hybridized carbons (Fsp3) is 0.364. The van der Waals surface area contributed by atoms with E-state index in [-0.39, 0.29) is 6.03 Å². The van der Waals surface area contributed by atoms with Crippen molar-refractivity contribution in [1.29, 1.82) is 0 Å². The number of rotatable bonds is 4. The molecule has 0 bridgehead atoms. The maximum Gasteiger partial charge on any atom is 0.343 e. The first-order chi connectivity index (χ1) is 7.22. The second-order valence-corrected chi connectivity index (χ2v) is 3.27. The smallest absolute Gasteiger partial charge is 0.306 e. The first kappa shape index (κ1) is 11.5. The lowest BCUT2D eigenvalue weighted by Crippen LogP contribution is -2.29. The van der Waals surface area contributed by atoms with E-state index in [0.717, 1.165) is 17.7 Å². The van der Waals surface area contributed by atoms with Gasteiger partial charge in [-0.05, 0) is 25.5 Å². The predicted molar refractivity (Wildman–Crippen MR) is 59.6 cm³/mol. The van der Waals surface area contributed by atoms with Crippen LogP contribution in [0, 0.1) is 6.92 Å². The number of urea groups is 1. The average Bonchev–Trinajstić information content (AvgIpc) is 2.22. The first-order valence-corrected chi connectivity index (χ1v) is 4.98. The number of carbonyl (C=O) groups excluding carboxylic acids is 1. The van der Waals surface area contributed by atoms with Crippen molar-refractivity contribution in [2.75, 3.05) is 11.9 Å². The van der Waals surface area contributed by atoms with Crippen LogP contribution in [-0.2, 0) is 4.84 Å². The molecule has 0 aliphatic heterocycles. The van der Waals surface area contributed by atoms with Crippen LogP contribution in [0.3, 0.4) is 0 Å². The third kappa shape index (κ3) is 4.46. The zero-order valence-electron chi connectivity index (χ0n) is 9.04. The molecule has 0 atom stereocenters. The molecule has 0 saturated carbocycles. The normalized spacial score (nSPS) is 9.73. The van der Waals surface area contributed by atoms with Gasteiger partial charge in [-0.15, -0.1) is 0 Å². The van der Waals surface area contributed by atoms with Gasteiger partial charge in [0.05, 0.1) is 6.61 Å². The molecule has 4 heteroatoms. The van der Waals surface area contributed by atoms with Crippen molar-refractivity contribution in [2.45, 2.75) is 20.3 Å². The van der Waals surface area contributed by atoms with Gasteiger partial charge in [0.2, 0.25) is 0 Å². The molecule has 0 saturated heterocycles. The van der Waals surface area contributed by atoms with Gasteiger partial charge >= 0.3 is 6.03 Å². The predicted octanol–water partition coefficient (Wildman–Crippen LogP) is 2.46. The van der Waals surface area contributed by atoms with Crippen molar-refractivity contribution >= 4 is 11.7 Å². The van der Waals surface area contributed by atoms with Crippen molar-refractivity contribution in [2.24, 2.45) is 0 Å². The fourth-order valence-corrected chi connectivity index (χ4v) is 1.01. The third-order valence-corrected chi connectivity index (χ3v) is 1.78. The molecular formula is C11H16N2O2. The van der Waals surface area contributed by atoms with Crippen LogP contribution in [0.2, 0.25) is 0 Å². The van der Waals surface area contributed by atoms with E-state index in [1.165, 1.54) is 0 Å². The van der Waals surface area contributed by atoms with Crippen LogP contribution in [0.1, 0.15) is 18.9 Å². The summed E-state index contributed by atoms with van der Waals surface area (Å²) < 4.78 is 0. The monoisotopic (exact) mass is 208 g/mol. The van der Waals surface area contributed by atoms with Crippen LogP contribution in [0.25, 0.3) is 0 Å². The Hall–Kier alpha value is -1.55. The SMILES string of the molecule is CCCONC(=O)Nc1ccc(C)cc1. The van der Waals surface area contributed by atoms with Crippen LogP contribution >= 0.6 is 0 Å². The molecule has 0 unspecified atom stereocenters. The highest BCUT2D eigenvalue weighted by molar-refractivity contribution is 5.88. The number of nitrogens with one attached hydrogen (secondary N) is 2. The Kier molecular flexibility index (Phi) is 4.63. The summed E-state index contributed by atoms with van der Waals surface area (Å²) in [5.41, 5.74) is 4.20. The standard InChI is InChI=1S/C11H16N2O2/c1-3-8-15-13-11(14)12-10-6-4-9(2)5-7-10/h4-7H,3,8H2,1-2H3,(H2,12,13,14). The molecule has 2 amide bonds. The summed E-state index contributed by atoms with van der Waals surface area (Å²) in [6, 6.07) is 7.20. The first-order valence-electron chi connectivity index (χ1n) is 4.98. The molecule has 0 aliphatic rings. The van der Waals surface area contributed by atoms with E-state index in [9.17, 15) is 4.79 Å². The highest BCUT2D eigenvalue weighted by atomic mass is 16.7. The topological polar surface area (TPSA) is 50.4 Å². The molecule has 1 aromatic rings. The van der Waals surface area contributed by atoms with E-state index in [2.05, 4.69) is 10.8 Å². The van der Waals surface area contributed by atoms with Crippen molar-refractivity contribution in [3.05, 3.63) is 29.8 Å². The molecule has 15 heavy (non-hydrogen) atoms. The third-order valence-electron chi connectivity index (χ3n) is 1.78. The van der Waals surface area contributed by atoms with Crippen molar-refractivity contribution in [3.8, 4) is 0 Å². The number of hydrogen-bond acceptors (Lipinski definition) is 2. The number of hydroxylamine groups is 1. The van der Waals surface area contributed by atoms with Crippen molar-refractivity contribution in [1.82, 2.24) is 5.48 Å². The number of hydrogen-bond donors (Lipinski definition) is 2. The number of benzene rings is 1. The summed E-state index contributed by atoms with van der Waals surface area (Å²) in [5.74, 6) is 0. The van der Waals surface area contributed by atoms with Crippen LogP contribution in [-0.4, -0.2) is 12.6 Å². The van der Waals surface area contributed by atoms with Gasteiger partial charge in [0, 0.05) is 5.69 Å². The Morgan fingerprint density at radius 1 is 1.33 bits per heavy atom. The van der Waals surface area contributed by atoms with Gasteiger partial charge in [-0.25, -0.2) is 10.3 Å². The maximum atomic E-state index is 11.2. The molecule has 1 aromatic carbocycles. The maximum absolute atomic E-state index is 11.2. The Labute approximate surface area is 89.6 Å². The molecular weight excluding hydrogens is 192 g/mol. The molecule has 4 nitrogen and oxygen atoms in total. The van der Waals surface area contributed by atoms with E-state index < -0.39 is 0 Å². The number of anilines is 1. The summed E-state index contributed by atoms with van der Waals surface area (Å²) >= 11 is 0. The Morgan fingerprint density at radius 3 is 2.60 bits per heavy atom. The Morgan fingerprint density at radius 2 is 2.00 bits per heavy atom. The number of aryl methyl sites for hydroxylation is 1. The van der Waals surface area contributed by atoms with Gasteiger partial charge in [-0.1, -0.05) is 24.6 Å². The largest absolute Gasteiger partial charge is 0.343 e.